The highest BCUT2D eigenvalue weighted by Crippen LogP contribution is 2.67. The number of carboxylic acids is 1. The molecule has 0 spiro atoms. The molecule has 3 nitrogen and oxygen atoms in total. The van der Waals surface area contributed by atoms with Gasteiger partial charge in [-0.25, -0.2) is 4.79 Å². The third-order valence-corrected chi connectivity index (χ3v) is 4.91. The lowest BCUT2D eigenvalue weighted by Crippen LogP contribution is -2.35. The van der Waals surface area contributed by atoms with Crippen LogP contribution in [0.2, 0.25) is 0 Å². The first-order valence-corrected chi connectivity index (χ1v) is 5.43. The first-order valence-electron chi connectivity index (χ1n) is 5.43. The number of hydrogen-bond acceptors (Lipinski definition) is 2. The molecule has 0 aromatic carbocycles. The Balaban J connectivity index is 2.47. The van der Waals surface area contributed by atoms with E-state index in [1.54, 1.807) is 0 Å². The number of carboxylic acid groups (broad SMARTS) is 1. The fourth-order valence-electron chi connectivity index (χ4n) is 3.48. The van der Waals surface area contributed by atoms with Crippen LogP contribution in [0.3, 0.4) is 0 Å². The van der Waals surface area contributed by atoms with E-state index in [2.05, 4.69) is 20.8 Å². The minimum Gasteiger partial charge on any atom is -0.478 e. The van der Waals surface area contributed by atoms with E-state index in [0.717, 1.165) is 18.4 Å². The van der Waals surface area contributed by atoms with Crippen molar-refractivity contribution in [3.05, 3.63) is 11.6 Å². The molecule has 2 aliphatic carbocycles. The molecule has 0 unspecified atom stereocenters. The van der Waals surface area contributed by atoms with Crippen LogP contribution in [0, 0.1) is 16.7 Å². The molecule has 2 saturated carbocycles. The van der Waals surface area contributed by atoms with Crippen molar-refractivity contribution in [1.29, 1.82) is 0 Å². The Hall–Kier alpha value is -0.830. The maximum absolute atomic E-state index is 10.7. The molecule has 0 aromatic heterocycles. The average molecular weight is 210 g/mol. The van der Waals surface area contributed by atoms with Gasteiger partial charge in [0.2, 0.25) is 0 Å². The molecule has 0 radical (unpaired) electrons. The van der Waals surface area contributed by atoms with Crippen LogP contribution in [0.25, 0.3) is 0 Å². The first kappa shape index (κ1) is 10.7. The Morgan fingerprint density at radius 3 is 2.47 bits per heavy atom. The highest BCUT2D eigenvalue weighted by Gasteiger charge is 2.63. The lowest BCUT2D eigenvalue weighted by molar-refractivity contribution is -0.131. The van der Waals surface area contributed by atoms with Gasteiger partial charge in [-0.3, -0.25) is 0 Å². The quantitative estimate of drug-likeness (QED) is 0.649. The largest absolute Gasteiger partial charge is 0.478 e. The van der Waals surface area contributed by atoms with E-state index in [1.807, 2.05) is 0 Å². The lowest BCUT2D eigenvalue weighted by atomic mass is 9.70. The fourth-order valence-corrected chi connectivity index (χ4v) is 3.48. The number of aliphatic hydroxyl groups excluding tert-OH is 1. The van der Waals surface area contributed by atoms with Gasteiger partial charge in [0.15, 0.2) is 0 Å². The Kier molecular flexibility index (Phi) is 2.03. The number of hydrogen-bond donors (Lipinski definition) is 2. The Morgan fingerprint density at radius 2 is 2.07 bits per heavy atom. The third kappa shape index (κ3) is 1.13. The maximum Gasteiger partial charge on any atom is 0.328 e. The third-order valence-electron chi connectivity index (χ3n) is 4.91. The van der Waals surface area contributed by atoms with Gasteiger partial charge in [-0.1, -0.05) is 20.8 Å². The van der Waals surface area contributed by atoms with E-state index < -0.39 is 12.1 Å². The zero-order valence-electron chi connectivity index (χ0n) is 9.45. The van der Waals surface area contributed by atoms with Crippen molar-refractivity contribution in [2.75, 3.05) is 0 Å². The molecule has 0 aliphatic heterocycles. The van der Waals surface area contributed by atoms with Crippen LogP contribution in [-0.2, 0) is 4.79 Å². The molecule has 3 atom stereocenters. The van der Waals surface area contributed by atoms with Crippen molar-refractivity contribution >= 4 is 5.97 Å². The van der Waals surface area contributed by atoms with Crippen molar-refractivity contribution in [2.45, 2.75) is 39.7 Å². The second-order valence-corrected chi connectivity index (χ2v) is 5.62. The van der Waals surface area contributed by atoms with Crippen LogP contribution in [-0.4, -0.2) is 22.3 Å². The molecule has 15 heavy (non-hydrogen) atoms. The summed E-state index contributed by atoms with van der Waals surface area (Å²) in [6, 6.07) is 0. The Bertz CT molecular complexity index is 343. The van der Waals surface area contributed by atoms with Crippen LogP contribution in [0.1, 0.15) is 33.6 Å². The van der Waals surface area contributed by atoms with Gasteiger partial charge in [0.25, 0.3) is 0 Å². The molecule has 2 rings (SSSR count). The molecule has 0 amide bonds. The average Bonchev–Trinajstić information content (AvgIpc) is 2.40. The van der Waals surface area contributed by atoms with Crippen molar-refractivity contribution < 1.29 is 15.0 Å². The number of aliphatic hydroxyl groups is 1. The van der Waals surface area contributed by atoms with Gasteiger partial charge >= 0.3 is 5.97 Å². The highest BCUT2D eigenvalue weighted by molar-refractivity contribution is 5.81. The fraction of sp³-hybridized carbons (Fsp3) is 0.750. The van der Waals surface area contributed by atoms with Crippen LogP contribution in [0.5, 0.6) is 0 Å². The summed E-state index contributed by atoms with van der Waals surface area (Å²) in [5.74, 6) is -0.718. The van der Waals surface area contributed by atoms with Crippen LogP contribution >= 0.6 is 0 Å². The number of carbonyl (C=O) groups is 1. The van der Waals surface area contributed by atoms with Crippen LogP contribution < -0.4 is 0 Å². The molecule has 3 heteroatoms. The Morgan fingerprint density at radius 1 is 1.47 bits per heavy atom. The molecule has 84 valence electrons. The SMILES string of the molecule is CC1(C)[C@@H]2CC[C@@]1(C)[C@@H](O)/C2=C/C(=O)O. The minimum atomic E-state index is -0.948. The molecule has 2 N–H and O–H groups in total. The number of aliphatic carboxylic acids is 1. The second kappa shape index (κ2) is 2.85. The summed E-state index contributed by atoms with van der Waals surface area (Å²) in [6.07, 6.45) is 2.62. The zero-order valence-corrected chi connectivity index (χ0v) is 9.45. The van der Waals surface area contributed by atoms with Crippen molar-refractivity contribution in [1.82, 2.24) is 0 Å². The summed E-state index contributed by atoms with van der Waals surface area (Å²) in [5, 5.41) is 19.0. The summed E-state index contributed by atoms with van der Waals surface area (Å²) >= 11 is 0. The molecular formula is C12H18O3. The van der Waals surface area contributed by atoms with Gasteiger partial charge in [-0.2, -0.15) is 0 Å². The molecule has 2 bridgehead atoms. The van der Waals surface area contributed by atoms with Gasteiger partial charge in [0.1, 0.15) is 0 Å². The number of fused-ring (bicyclic) bond motifs is 2. The summed E-state index contributed by atoms with van der Waals surface area (Å²) < 4.78 is 0. The van der Waals surface area contributed by atoms with Crippen LogP contribution in [0.4, 0.5) is 0 Å². The monoisotopic (exact) mass is 210 g/mol. The van der Waals surface area contributed by atoms with Gasteiger partial charge in [0.05, 0.1) is 6.10 Å². The summed E-state index contributed by atoms with van der Waals surface area (Å²) in [4.78, 5) is 10.7. The smallest absolute Gasteiger partial charge is 0.328 e. The standard InChI is InChI=1S/C12H18O3/c1-11(2)8-4-5-12(11,3)10(15)7(8)6-9(13)14/h6,8,10,15H,4-5H2,1-3H3,(H,13,14)/b7-6+/t8-,10+,12+/m1/s1. The van der Waals surface area contributed by atoms with Gasteiger partial charge < -0.3 is 10.2 Å². The normalized spacial score (nSPS) is 44.9. The zero-order chi connectivity index (χ0) is 11.4. The highest BCUT2D eigenvalue weighted by atomic mass is 16.4. The van der Waals surface area contributed by atoms with Crippen molar-refractivity contribution in [3.63, 3.8) is 0 Å². The summed E-state index contributed by atoms with van der Waals surface area (Å²) in [6.45, 7) is 6.34. The van der Waals surface area contributed by atoms with Gasteiger partial charge in [-0.15, -0.1) is 0 Å². The van der Waals surface area contributed by atoms with E-state index in [4.69, 9.17) is 5.11 Å². The van der Waals surface area contributed by atoms with Crippen molar-refractivity contribution in [2.24, 2.45) is 16.7 Å². The lowest BCUT2D eigenvalue weighted by Gasteiger charge is -2.36. The Labute approximate surface area is 89.8 Å². The van der Waals surface area contributed by atoms with E-state index in [1.165, 1.54) is 6.08 Å². The predicted octanol–water partition coefficient (Wildman–Crippen LogP) is 1.81. The predicted molar refractivity (Wildman–Crippen MR) is 56.3 cm³/mol. The maximum atomic E-state index is 10.7. The summed E-state index contributed by atoms with van der Waals surface area (Å²) in [5.41, 5.74) is 0.577. The van der Waals surface area contributed by atoms with E-state index in [-0.39, 0.29) is 16.7 Å². The first-order chi connectivity index (χ1) is 6.80. The van der Waals surface area contributed by atoms with Crippen LogP contribution in [0.15, 0.2) is 11.6 Å². The van der Waals surface area contributed by atoms with E-state index in [0.29, 0.717) is 0 Å². The van der Waals surface area contributed by atoms with Gasteiger partial charge in [0, 0.05) is 11.5 Å². The van der Waals surface area contributed by atoms with E-state index in [9.17, 15) is 9.90 Å². The van der Waals surface area contributed by atoms with Gasteiger partial charge in [-0.05, 0) is 29.7 Å². The summed E-state index contributed by atoms with van der Waals surface area (Å²) in [7, 11) is 0. The molecule has 0 heterocycles. The topological polar surface area (TPSA) is 57.5 Å². The van der Waals surface area contributed by atoms with E-state index >= 15 is 0 Å². The minimum absolute atomic E-state index is 0.00764. The molecule has 0 saturated heterocycles. The number of rotatable bonds is 1. The molecule has 0 aromatic rings. The van der Waals surface area contributed by atoms with Crippen molar-refractivity contribution in [3.8, 4) is 0 Å². The second-order valence-electron chi connectivity index (χ2n) is 5.62. The molecule has 2 fully saturated rings. The molecular weight excluding hydrogens is 192 g/mol. The molecule has 2 aliphatic rings.